The van der Waals surface area contributed by atoms with Crippen LogP contribution >= 0.6 is 0 Å². The van der Waals surface area contributed by atoms with Gasteiger partial charge in [0, 0.05) is 32.5 Å². The minimum atomic E-state index is 0.140. The molecule has 2 rings (SSSR count). The van der Waals surface area contributed by atoms with Gasteiger partial charge in [0.15, 0.2) is 5.82 Å². The zero-order chi connectivity index (χ0) is 12.1. The summed E-state index contributed by atoms with van der Waals surface area (Å²) in [5, 5.41) is 20.7. The van der Waals surface area contributed by atoms with Crippen molar-refractivity contribution >= 4 is 0 Å². The lowest BCUT2D eigenvalue weighted by Crippen LogP contribution is -1.98. The summed E-state index contributed by atoms with van der Waals surface area (Å²) in [5.41, 5.74) is 0.744. The third-order valence-electron chi connectivity index (χ3n) is 2.17. The molecule has 0 amide bonds. The van der Waals surface area contributed by atoms with Gasteiger partial charge < -0.3 is 9.84 Å². The number of ether oxygens (including phenoxy) is 1. The Morgan fingerprint density at radius 3 is 3.06 bits per heavy atom. The Hall–Kier alpha value is -1.73. The Labute approximate surface area is 98.6 Å². The number of aliphatic hydroxyl groups is 1. The van der Waals surface area contributed by atoms with Crippen LogP contribution in [0.3, 0.4) is 0 Å². The maximum absolute atomic E-state index is 8.60. The van der Waals surface area contributed by atoms with Crippen LogP contribution in [0.15, 0.2) is 18.5 Å². The molecule has 1 N–H and O–H groups in total. The van der Waals surface area contributed by atoms with E-state index in [1.54, 1.807) is 15.6 Å². The summed E-state index contributed by atoms with van der Waals surface area (Å²) in [6.07, 6.45) is 4.25. The zero-order valence-electron chi connectivity index (χ0n) is 9.65. The largest absolute Gasteiger partial charge is 0.396 e. The molecule has 17 heavy (non-hydrogen) atoms. The fraction of sp³-hybridized carbons (Fsp3) is 0.500. The van der Waals surface area contributed by atoms with Crippen LogP contribution in [0.25, 0.3) is 5.82 Å². The van der Waals surface area contributed by atoms with Crippen molar-refractivity contribution in [1.29, 1.82) is 0 Å². The molecule has 2 aromatic heterocycles. The topological polar surface area (TPSA) is 78.0 Å². The van der Waals surface area contributed by atoms with E-state index < -0.39 is 0 Å². The Balaban J connectivity index is 1.92. The summed E-state index contributed by atoms with van der Waals surface area (Å²) in [4.78, 5) is 0. The highest BCUT2D eigenvalue weighted by Gasteiger charge is 2.04. The molecule has 0 aliphatic carbocycles. The number of rotatable bonds is 6. The molecule has 92 valence electrons. The quantitative estimate of drug-likeness (QED) is 0.710. The lowest BCUT2D eigenvalue weighted by Gasteiger charge is -1.98. The van der Waals surface area contributed by atoms with Crippen LogP contribution in [0, 0.1) is 0 Å². The van der Waals surface area contributed by atoms with Gasteiger partial charge in [0.25, 0.3) is 0 Å². The first kappa shape index (κ1) is 11.7. The second-order valence-electron chi connectivity index (χ2n) is 3.63. The van der Waals surface area contributed by atoms with Crippen molar-refractivity contribution in [3.05, 3.63) is 24.2 Å². The highest BCUT2D eigenvalue weighted by Crippen LogP contribution is 2.03. The first-order valence-corrected chi connectivity index (χ1v) is 5.39. The van der Waals surface area contributed by atoms with Gasteiger partial charge in [-0.2, -0.15) is 5.10 Å². The van der Waals surface area contributed by atoms with Crippen LogP contribution < -0.4 is 0 Å². The smallest absolute Gasteiger partial charge is 0.176 e. The van der Waals surface area contributed by atoms with E-state index in [2.05, 4.69) is 15.4 Å². The standard InChI is InChI=1S/C10H15N5O2/c1-14-4-3-10(12-14)15-7-9(11-13-15)8-17-6-2-5-16/h3-4,7,16H,2,5-6,8H2,1H3. The molecule has 7 nitrogen and oxygen atoms in total. The Morgan fingerprint density at radius 2 is 2.35 bits per heavy atom. The van der Waals surface area contributed by atoms with Crippen LogP contribution in [-0.2, 0) is 18.4 Å². The fourth-order valence-electron chi connectivity index (χ4n) is 1.34. The van der Waals surface area contributed by atoms with E-state index in [0.29, 0.717) is 19.6 Å². The summed E-state index contributed by atoms with van der Waals surface area (Å²) in [6.45, 7) is 1.06. The molecule has 0 aromatic carbocycles. The van der Waals surface area contributed by atoms with Gasteiger partial charge in [-0.25, -0.2) is 4.68 Å². The van der Waals surface area contributed by atoms with E-state index in [-0.39, 0.29) is 6.61 Å². The van der Waals surface area contributed by atoms with Crippen LogP contribution in [0.1, 0.15) is 12.1 Å². The summed E-state index contributed by atoms with van der Waals surface area (Å²) in [6, 6.07) is 1.85. The van der Waals surface area contributed by atoms with Crippen molar-refractivity contribution in [2.24, 2.45) is 7.05 Å². The van der Waals surface area contributed by atoms with Gasteiger partial charge in [-0.05, 0) is 6.42 Å². The fourth-order valence-corrected chi connectivity index (χ4v) is 1.34. The van der Waals surface area contributed by atoms with Crippen LogP contribution in [0.2, 0.25) is 0 Å². The molecule has 2 heterocycles. The molecule has 0 bridgehead atoms. The number of hydrogen-bond acceptors (Lipinski definition) is 5. The Morgan fingerprint density at radius 1 is 1.47 bits per heavy atom. The van der Waals surface area contributed by atoms with E-state index in [1.165, 1.54) is 0 Å². The molecular weight excluding hydrogens is 222 g/mol. The maximum Gasteiger partial charge on any atom is 0.176 e. The minimum Gasteiger partial charge on any atom is -0.396 e. The van der Waals surface area contributed by atoms with Crippen molar-refractivity contribution in [2.75, 3.05) is 13.2 Å². The number of aliphatic hydroxyl groups excluding tert-OH is 1. The Kier molecular flexibility index (Phi) is 3.84. The third-order valence-corrected chi connectivity index (χ3v) is 2.17. The number of aryl methyl sites for hydroxylation is 1. The second-order valence-corrected chi connectivity index (χ2v) is 3.63. The van der Waals surface area contributed by atoms with E-state index >= 15 is 0 Å². The van der Waals surface area contributed by atoms with Gasteiger partial charge in [-0.1, -0.05) is 5.21 Å². The second kappa shape index (κ2) is 5.55. The molecule has 0 fully saturated rings. The summed E-state index contributed by atoms with van der Waals surface area (Å²) < 4.78 is 8.62. The number of aromatic nitrogens is 5. The summed E-state index contributed by atoms with van der Waals surface area (Å²) in [5.74, 6) is 0.724. The summed E-state index contributed by atoms with van der Waals surface area (Å²) in [7, 11) is 1.85. The highest BCUT2D eigenvalue weighted by atomic mass is 16.5. The molecule has 0 spiro atoms. The van der Waals surface area contributed by atoms with Gasteiger partial charge in [-0.3, -0.25) is 4.68 Å². The molecule has 0 radical (unpaired) electrons. The first-order valence-electron chi connectivity index (χ1n) is 5.39. The number of hydrogen-bond donors (Lipinski definition) is 1. The van der Waals surface area contributed by atoms with Crippen LogP contribution in [-0.4, -0.2) is 43.1 Å². The third kappa shape index (κ3) is 3.11. The predicted molar refractivity (Wildman–Crippen MR) is 59.5 cm³/mol. The molecule has 7 heteroatoms. The lowest BCUT2D eigenvalue weighted by molar-refractivity contribution is 0.102. The van der Waals surface area contributed by atoms with E-state index in [1.807, 2.05) is 19.3 Å². The molecule has 0 atom stereocenters. The minimum absolute atomic E-state index is 0.140. The predicted octanol–water partition coefficient (Wildman–Crippen LogP) is -0.100. The van der Waals surface area contributed by atoms with Gasteiger partial charge in [0.05, 0.1) is 12.8 Å². The normalized spacial score (nSPS) is 10.9. The monoisotopic (exact) mass is 237 g/mol. The molecule has 0 aliphatic rings. The summed E-state index contributed by atoms with van der Waals surface area (Å²) >= 11 is 0. The average Bonchev–Trinajstić information content (AvgIpc) is 2.93. The van der Waals surface area contributed by atoms with Crippen molar-refractivity contribution in [3.8, 4) is 5.82 Å². The Bertz CT molecular complexity index is 465. The molecule has 0 aliphatic heterocycles. The maximum atomic E-state index is 8.60. The molecule has 0 unspecified atom stereocenters. The molecular formula is C10H15N5O2. The van der Waals surface area contributed by atoms with Gasteiger partial charge in [0.2, 0.25) is 0 Å². The zero-order valence-corrected chi connectivity index (χ0v) is 9.65. The molecule has 0 saturated heterocycles. The number of nitrogens with zero attached hydrogens (tertiary/aromatic N) is 5. The average molecular weight is 237 g/mol. The SMILES string of the molecule is Cn1ccc(-n2cc(COCCCO)nn2)n1. The van der Waals surface area contributed by atoms with Gasteiger partial charge in [0.1, 0.15) is 5.69 Å². The van der Waals surface area contributed by atoms with Crippen molar-refractivity contribution in [1.82, 2.24) is 24.8 Å². The van der Waals surface area contributed by atoms with Crippen LogP contribution in [0.5, 0.6) is 0 Å². The highest BCUT2D eigenvalue weighted by molar-refractivity contribution is 5.17. The van der Waals surface area contributed by atoms with E-state index in [4.69, 9.17) is 9.84 Å². The van der Waals surface area contributed by atoms with Crippen LogP contribution in [0.4, 0.5) is 0 Å². The first-order chi connectivity index (χ1) is 8.29. The van der Waals surface area contributed by atoms with Crippen molar-refractivity contribution < 1.29 is 9.84 Å². The molecule has 2 aromatic rings. The van der Waals surface area contributed by atoms with Gasteiger partial charge in [-0.15, -0.1) is 5.10 Å². The lowest BCUT2D eigenvalue weighted by atomic mass is 10.5. The van der Waals surface area contributed by atoms with Gasteiger partial charge >= 0.3 is 0 Å². The molecule has 0 saturated carbocycles. The van der Waals surface area contributed by atoms with Crippen molar-refractivity contribution in [2.45, 2.75) is 13.0 Å². The van der Waals surface area contributed by atoms with Crippen molar-refractivity contribution in [3.63, 3.8) is 0 Å². The van der Waals surface area contributed by atoms with E-state index in [0.717, 1.165) is 11.5 Å². The van der Waals surface area contributed by atoms with E-state index in [9.17, 15) is 0 Å².